The van der Waals surface area contributed by atoms with Gasteiger partial charge < -0.3 is 15.2 Å². The van der Waals surface area contributed by atoms with Gasteiger partial charge >= 0.3 is 0 Å². The Morgan fingerprint density at radius 1 is 1.28 bits per heavy atom. The monoisotopic (exact) mass is 360 g/mol. The number of hydrogen-bond acceptors (Lipinski definition) is 5. The summed E-state index contributed by atoms with van der Waals surface area (Å²) in [7, 11) is 0. The number of ether oxygens (including phenoxy) is 1. The van der Waals surface area contributed by atoms with Gasteiger partial charge in [0.25, 0.3) is 0 Å². The third-order valence-electron chi connectivity index (χ3n) is 4.93. The van der Waals surface area contributed by atoms with Gasteiger partial charge in [0.2, 0.25) is 0 Å². The Kier molecular flexibility index (Phi) is 5.77. The molecule has 3 rings (SSSR count). The van der Waals surface area contributed by atoms with Gasteiger partial charge in [-0.15, -0.1) is 11.3 Å². The number of hydrogen-bond donors (Lipinski definition) is 2. The van der Waals surface area contributed by atoms with E-state index in [0.29, 0.717) is 12.5 Å². The van der Waals surface area contributed by atoms with Crippen molar-refractivity contribution < 1.29 is 9.84 Å². The molecule has 2 N–H and O–H groups in total. The number of aryl methyl sites for hydroxylation is 1. The zero-order valence-electron chi connectivity index (χ0n) is 15.3. The summed E-state index contributed by atoms with van der Waals surface area (Å²) in [6, 6.07) is 8.19. The predicted molar refractivity (Wildman–Crippen MR) is 102 cm³/mol. The zero-order valence-corrected chi connectivity index (χ0v) is 16.1. The molecule has 0 saturated heterocycles. The average molecular weight is 361 g/mol. The molecule has 25 heavy (non-hydrogen) atoms. The Balaban J connectivity index is 1.43. The predicted octanol–water partition coefficient (Wildman–Crippen LogP) is 3.92. The molecule has 5 heteroatoms. The van der Waals surface area contributed by atoms with Crippen molar-refractivity contribution in [3.8, 4) is 5.75 Å². The molecular weight excluding hydrogens is 332 g/mol. The summed E-state index contributed by atoms with van der Waals surface area (Å²) < 4.78 is 5.78. The lowest BCUT2D eigenvalue weighted by Gasteiger charge is -2.25. The maximum Gasteiger partial charge on any atom is 0.131 e. The highest BCUT2D eigenvalue weighted by Gasteiger charge is 2.49. The summed E-state index contributed by atoms with van der Waals surface area (Å²) in [5.41, 5.74) is 2.31. The fourth-order valence-electron chi connectivity index (χ4n) is 3.24. The van der Waals surface area contributed by atoms with Gasteiger partial charge in [-0.3, -0.25) is 0 Å². The SMILES string of the molecule is Cc1nc(COc2ccc(CNCC3(C(O)C(C)C)CC3)cc2)cs1. The molecule has 1 aliphatic rings. The number of benzene rings is 1. The van der Waals surface area contributed by atoms with E-state index in [1.165, 1.54) is 5.56 Å². The number of nitrogens with one attached hydrogen (secondary N) is 1. The van der Waals surface area contributed by atoms with E-state index in [0.717, 1.165) is 42.4 Å². The first-order valence-electron chi connectivity index (χ1n) is 9.00. The Morgan fingerprint density at radius 3 is 2.56 bits per heavy atom. The molecule has 1 aliphatic carbocycles. The zero-order chi connectivity index (χ0) is 17.9. The largest absolute Gasteiger partial charge is 0.487 e. The van der Waals surface area contributed by atoms with Crippen LogP contribution in [0.3, 0.4) is 0 Å². The standard InChI is InChI=1S/C20H28N2O2S/c1-14(2)19(23)20(8-9-20)13-21-10-16-4-6-18(7-5-16)24-11-17-12-25-15(3)22-17/h4-7,12,14,19,21,23H,8-11,13H2,1-3H3. The van der Waals surface area contributed by atoms with Crippen molar-refractivity contribution in [1.82, 2.24) is 10.3 Å². The average Bonchev–Trinajstić information content (AvgIpc) is 3.27. The van der Waals surface area contributed by atoms with Crippen LogP contribution in [0.1, 0.15) is 43.0 Å². The fraction of sp³-hybridized carbons (Fsp3) is 0.550. The van der Waals surface area contributed by atoms with E-state index >= 15 is 0 Å². The summed E-state index contributed by atoms with van der Waals surface area (Å²) in [5.74, 6) is 1.19. The Labute approximate surface area is 154 Å². The third kappa shape index (κ3) is 4.81. The molecule has 0 amide bonds. The number of thiazole rings is 1. The maximum atomic E-state index is 10.3. The van der Waals surface area contributed by atoms with Crippen LogP contribution in [0.5, 0.6) is 5.75 Å². The van der Waals surface area contributed by atoms with Gasteiger partial charge in [0.05, 0.1) is 16.8 Å². The minimum Gasteiger partial charge on any atom is -0.487 e. The summed E-state index contributed by atoms with van der Waals surface area (Å²) in [6.45, 7) is 8.40. The molecule has 0 spiro atoms. The van der Waals surface area contributed by atoms with E-state index in [9.17, 15) is 5.11 Å². The van der Waals surface area contributed by atoms with Crippen LogP contribution in [0, 0.1) is 18.3 Å². The first-order valence-corrected chi connectivity index (χ1v) is 9.88. The molecule has 1 aromatic heterocycles. The second-order valence-electron chi connectivity index (χ2n) is 7.45. The van der Waals surface area contributed by atoms with Crippen molar-refractivity contribution in [2.24, 2.45) is 11.3 Å². The molecule has 4 nitrogen and oxygen atoms in total. The van der Waals surface area contributed by atoms with Gasteiger partial charge in [0.15, 0.2) is 0 Å². The van der Waals surface area contributed by atoms with E-state index in [1.54, 1.807) is 11.3 Å². The quantitative estimate of drug-likeness (QED) is 0.712. The normalized spacial score (nSPS) is 16.8. The van der Waals surface area contributed by atoms with E-state index in [1.807, 2.05) is 24.4 Å². The van der Waals surface area contributed by atoms with Crippen LogP contribution in [-0.4, -0.2) is 22.7 Å². The first-order chi connectivity index (χ1) is 12.0. The summed E-state index contributed by atoms with van der Waals surface area (Å²) in [4.78, 5) is 4.40. The van der Waals surface area contributed by atoms with Crippen LogP contribution in [0.2, 0.25) is 0 Å². The van der Waals surface area contributed by atoms with Gasteiger partial charge in [-0.2, -0.15) is 0 Å². The van der Waals surface area contributed by atoms with Crippen molar-refractivity contribution in [3.63, 3.8) is 0 Å². The minimum atomic E-state index is -0.204. The van der Waals surface area contributed by atoms with Gasteiger partial charge in [-0.1, -0.05) is 26.0 Å². The lowest BCUT2D eigenvalue weighted by atomic mass is 9.90. The number of aliphatic hydroxyl groups excluding tert-OH is 1. The highest BCUT2D eigenvalue weighted by Crippen LogP contribution is 2.50. The van der Waals surface area contributed by atoms with E-state index in [-0.39, 0.29) is 11.5 Å². The highest BCUT2D eigenvalue weighted by atomic mass is 32.1. The van der Waals surface area contributed by atoms with Crippen LogP contribution < -0.4 is 10.1 Å². The molecule has 1 heterocycles. The maximum absolute atomic E-state index is 10.3. The Morgan fingerprint density at radius 2 is 2.00 bits per heavy atom. The lowest BCUT2D eigenvalue weighted by Crippen LogP contribution is -2.36. The van der Waals surface area contributed by atoms with E-state index < -0.39 is 0 Å². The third-order valence-corrected chi connectivity index (χ3v) is 5.76. The summed E-state index contributed by atoms with van der Waals surface area (Å²) in [6.07, 6.45) is 2.05. The summed E-state index contributed by atoms with van der Waals surface area (Å²) >= 11 is 1.64. The van der Waals surface area contributed by atoms with Crippen molar-refractivity contribution in [3.05, 3.63) is 45.9 Å². The minimum absolute atomic E-state index is 0.100. The molecule has 2 aromatic rings. The molecule has 1 aromatic carbocycles. The van der Waals surface area contributed by atoms with Crippen LogP contribution >= 0.6 is 11.3 Å². The van der Waals surface area contributed by atoms with Crippen molar-refractivity contribution in [2.45, 2.75) is 52.9 Å². The molecule has 136 valence electrons. The summed E-state index contributed by atoms with van der Waals surface area (Å²) in [5, 5.41) is 17.0. The van der Waals surface area contributed by atoms with Gasteiger partial charge in [-0.05, 0) is 43.4 Å². The van der Waals surface area contributed by atoms with Crippen LogP contribution in [0.25, 0.3) is 0 Å². The van der Waals surface area contributed by atoms with Crippen molar-refractivity contribution in [1.29, 1.82) is 0 Å². The molecular formula is C20H28N2O2S. The molecule has 1 fully saturated rings. The van der Waals surface area contributed by atoms with Crippen molar-refractivity contribution in [2.75, 3.05) is 6.54 Å². The number of aromatic nitrogens is 1. The van der Waals surface area contributed by atoms with Gasteiger partial charge in [0.1, 0.15) is 12.4 Å². The van der Waals surface area contributed by atoms with Crippen molar-refractivity contribution >= 4 is 11.3 Å². The molecule has 1 atom stereocenters. The van der Waals surface area contributed by atoms with Gasteiger partial charge in [0, 0.05) is 23.9 Å². The number of nitrogens with zero attached hydrogens (tertiary/aromatic N) is 1. The molecule has 0 bridgehead atoms. The van der Waals surface area contributed by atoms with Crippen LogP contribution in [-0.2, 0) is 13.2 Å². The fourth-order valence-corrected chi connectivity index (χ4v) is 3.83. The number of rotatable bonds is 9. The second kappa shape index (κ2) is 7.85. The highest BCUT2D eigenvalue weighted by molar-refractivity contribution is 7.09. The molecule has 1 saturated carbocycles. The van der Waals surface area contributed by atoms with Crippen LogP contribution in [0.15, 0.2) is 29.6 Å². The Bertz CT molecular complexity index is 677. The van der Waals surface area contributed by atoms with Gasteiger partial charge in [-0.25, -0.2) is 4.98 Å². The van der Waals surface area contributed by atoms with E-state index in [4.69, 9.17) is 4.74 Å². The lowest BCUT2D eigenvalue weighted by molar-refractivity contribution is 0.0502. The number of aliphatic hydroxyl groups is 1. The molecule has 0 radical (unpaired) electrons. The smallest absolute Gasteiger partial charge is 0.131 e. The Hall–Kier alpha value is -1.43. The van der Waals surface area contributed by atoms with Crippen LogP contribution in [0.4, 0.5) is 0 Å². The molecule has 0 aliphatic heterocycles. The first kappa shape index (κ1) is 18.4. The molecule has 1 unspecified atom stereocenters. The topological polar surface area (TPSA) is 54.4 Å². The van der Waals surface area contributed by atoms with E-state index in [2.05, 4.69) is 36.3 Å². The second-order valence-corrected chi connectivity index (χ2v) is 8.51.